The molecule has 0 saturated heterocycles. The summed E-state index contributed by atoms with van der Waals surface area (Å²) in [6, 6.07) is 4.63. The topological polar surface area (TPSA) is 73.8 Å². The molecule has 1 heterocycles. The molecule has 5 aliphatic rings. The molecule has 4 saturated carbocycles. The number of hydrazine groups is 2. The lowest BCUT2D eigenvalue weighted by Crippen LogP contribution is -2.52. The second-order valence-electron chi connectivity index (χ2n) is 12.5. The van der Waals surface area contributed by atoms with E-state index >= 15 is 0 Å². The van der Waals surface area contributed by atoms with Crippen LogP contribution in [0.25, 0.3) is 0 Å². The Bertz CT molecular complexity index is 990. The highest BCUT2D eigenvalue weighted by molar-refractivity contribution is 5.88. The maximum Gasteiger partial charge on any atom is 0.157 e. The molecular weight excluding hydrogens is 445 g/mol. The summed E-state index contributed by atoms with van der Waals surface area (Å²) in [5, 5.41) is 12.8. The largest absolute Gasteiger partial charge is 0.387 e. The van der Waals surface area contributed by atoms with Gasteiger partial charge in [0.15, 0.2) is 5.78 Å². The van der Waals surface area contributed by atoms with Crippen molar-refractivity contribution >= 4 is 17.2 Å². The number of carbonyl (C=O) groups is 1. The predicted molar refractivity (Wildman–Crippen MR) is 133 cm³/mol. The number of carbonyl (C=O) groups excluding carboxylic acids is 1. The molecule has 4 fully saturated rings. The second-order valence-corrected chi connectivity index (χ2v) is 12.5. The number of fused-ring (bicyclic) bond motifs is 6. The number of nitrogens with one attached hydrogen (secondary N) is 2. The van der Waals surface area contributed by atoms with Crippen LogP contribution in [0, 0.1) is 46.7 Å². The second kappa shape index (κ2) is 8.70. The Morgan fingerprint density at radius 2 is 1.97 bits per heavy atom. The number of Topliss-reactive ketones (excluding diaryl/α,β-unsaturated/α-hetero) is 1. The highest BCUT2D eigenvalue weighted by atomic mass is 19.1. The molecule has 4 aliphatic carbocycles. The molecule has 0 spiro atoms. The Morgan fingerprint density at radius 3 is 2.80 bits per heavy atom. The van der Waals surface area contributed by atoms with E-state index in [4.69, 9.17) is 4.74 Å². The van der Waals surface area contributed by atoms with E-state index in [9.17, 15) is 14.3 Å². The minimum absolute atomic E-state index is 0.0787. The van der Waals surface area contributed by atoms with Gasteiger partial charge in [-0.05, 0) is 105 Å². The smallest absolute Gasteiger partial charge is 0.157 e. The zero-order valence-corrected chi connectivity index (χ0v) is 21.1. The van der Waals surface area contributed by atoms with Gasteiger partial charge in [0.05, 0.1) is 30.1 Å². The van der Waals surface area contributed by atoms with E-state index in [2.05, 4.69) is 17.9 Å². The molecule has 8 atom stereocenters. The first-order chi connectivity index (χ1) is 16.8. The van der Waals surface area contributed by atoms with Crippen molar-refractivity contribution in [2.45, 2.75) is 70.3 Å². The van der Waals surface area contributed by atoms with Crippen LogP contribution in [0.4, 0.5) is 15.8 Å². The Labute approximate surface area is 207 Å². The van der Waals surface area contributed by atoms with Crippen LogP contribution in [0.5, 0.6) is 0 Å². The average Bonchev–Trinajstić information content (AvgIpc) is 3.38. The summed E-state index contributed by atoms with van der Waals surface area (Å²) in [6.45, 7) is 3.15. The van der Waals surface area contributed by atoms with Gasteiger partial charge < -0.3 is 15.3 Å². The lowest BCUT2D eigenvalue weighted by molar-refractivity contribution is -0.135. The van der Waals surface area contributed by atoms with E-state index in [1.54, 1.807) is 13.2 Å². The maximum absolute atomic E-state index is 13.6. The molecule has 1 aliphatic heterocycles. The predicted octanol–water partition coefficient (Wildman–Crippen LogP) is 4.69. The van der Waals surface area contributed by atoms with E-state index in [0.29, 0.717) is 36.5 Å². The molecule has 0 radical (unpaired) electrons. The number of nitrogens with zero attached hydrogens (tertiary/aromatic N) is 1. The number of rotatable bonds is 5. The Morgan fingerprint density at radius 1 is 1.14 bits per heavy atom. The molecular formula is C28H40FN3O3. The van der Waals surface area contributed by atoms with Gasteiger partial charge in [-0.1, -0.05) is 6.92 Å². The van der Waals surface area contributed by atoms with Gasteiger partial charge in [-0.25, -0.2) is 4.39 Å². The number of ketones is 1. The van der Waals surface area contributed by atoms with Crippen LogP contribution in [-0.4, -0.2) is 36.8 Å². The highest BCUT2D eigenvalue weighted by Gasteiger charge is 2.59. The fourth-order valence-corrected chi connectivity index (χ4v) is 9.31. The van der Waals surface area contributed by atoms with Crippen LogP contribution in [0.15, 0.2) is 18.2 Å². The summed E-state index contributed by atoms with van der Waals surface area (Å²) < 4.78 is 18.9. The van der Waals surface area contributed by atoms with E-state index in [-0.39, 0.29) is 17.2 Å². The van der Waals surface area contributed by atoms with Crippen molar-refractivity contribution in [2.75, 3.05) is 30.7 Å². The third-order valence-corrected chi connectivity index (χ3v) is 10.8. The van der Waals surface area contributed by atoms with Gasteiger partial charge in [0.1, 0.15) is 5.82 Å². The summed E-state index contributed by atoms with van der Waals surface area (Å²) in [7, 11) is 1.69. The monoisotopic (exact) mass is 485 g/mol. The SMILES string of the molecule is COC[C@@]1(O)CC[C@H]2[C@H](CC[C@@H]3[C@@H]2CC[C@]2(C)[C@@H](C(=O)CN4NNc5cc(F)ccc54)CC[C@@H]32)C1. The molecule has 7 heteroatoms. The van der Waals surface area contributed by atoms with Gasteiger partial charge in [-0.2, -0.15) is 0 Å². The lowest BCUT2D eigenvalue weighted by atomic mass is 9.49. The average molecular weight is 486 g/mol. The van der Waals surface area contributed by atoms with E-state index < -0.39 is 5.60 Å². The van der Waals surface area contributed by atoms with E-state index in [1.807, 2.05) is 5.01 Å². The number of ether oxygens (including phenoxy) is 1. The summed E-state index contributed by atoms with van der Waals surface area (Å²) in [4.78, 5) is 13.6. The zero-order chi connectivity index (χ0) is 24.4. The van der Waals surface area contributed by atoms with Crippen LogP contribution >= 0.6 is 0 Å². The van der Waals surface area contributed by atoms with Crippen molar-refractivity contribution in [3.05, 3.63) is 24.0 Å². The third-order valence-electron chi connectivity index (χ3n) is 10.8. The summed E-state index contributed by atoms with van der Waals surface area (Å²) in [5.41, 5.74) is 6.98. The molecule has 35 heavy (non-hydrogen) atoms. The van der Waals surface area contributed by atoms with Crippen molar-refractivity contribution < 1.29 is 19.0 Å². The molecule has 0 amide bonds. The minimum Gasteiger partial charge on any atom is -0.387 e. The Balaban J connectivity index is 1.14. The number of anilines is 2. The van der Waals surface area contributed by atoms with Crippen LogP contribution in [0.3, 0.4) is 0 Å². The first-order valence-electron chi connectivity index (χ1n) is 13.6. The molecule has 0 aromatic heterocycles. The van der Waals surface area contributed by atoms with Gasteiger partial charge in [0.25, 0.3) is 0 Å². The highest BCUT2D eigenvalue weighted by Crippen LogP contribution is 2.64. The van der Waals surface area contributed by atoms with Gasteiger partial charge in [0.2, 0.25) is 0 Å². The number of hydrogen-bond acceptors (Lipinski definition) is 6. The lowest BCUT2D eigenvalue weighted by Gasteiger charge is -2.57. The van der Waals surface area contributed by atoms with Crippen molar-refractivity contribution in [2.24, 2.45) is 40.9 Å². The minimum atomic E-state index is -0.639. The number of hydrogen-bond donors (Lipinski definition) is 3. The number of halogens is 1. The molecule has 192 valence electrons. The standard InChI is InChI=1S/C28H40FN3O3/c1-27-11-9-20-19-10-12-28(34,16-35-2)14-17(19)3-5-21(20)22(27)6-7-23(27)26(33)15-32-25-8-4-18(29)13-24(25)30-31-32/h4,8,13,17,19-23,30-31,34H,3,5-7,9-12,14-16H2,1-2H3/t17-,19+,20-,21-,22+,23-,27+,28-/m1/s1. The van der Waals surface area contributed by atoms with Gasteiger partial charge in [-0.3, -0.25) is 9.80 Å². The first kappa shape index (κ1) is 23.7. The van der Waals surface area contributed by atoms with Crippen LogP contribution < -0.4 is 16.0 Å². The number of benzene rings is 1. The van der Waals surface area contributed by atoms with Crippen molar-refractivity contribution in [3.63, 3.8) is 0 Å². The summed E-state index contributed by atoms with van der Waals surface area (Å²) in [5.74, 6) is 3.54. The van der Waals surface area contributed by atoms with E-state index in [1.165, 1.54) is 31.4 Å². The fourth-order valence-electron chi connectivity index (χ4n) is 9.31. The number of methoxy groups -OCH3 is 1. The summed E-state index contributed by atoms with van der Waals surface area (Å²) >= 11 is 0. The van der Waals surface area contributed by atoms with Crippen molar-refractivity contribution in [1.82, 2.24) is 5.53 Å². The van der Waals surface area contributed by atoms with Gasteiger partial charge in [-0.15, -0.1) is 5.53 Å². The third kappa shape index (κ3) is 3.89. The summed E-state index contributed by atoms with van der Waals surface area (Å²) in [6.07, 6.45) is 9.81. The molecule has 6 nitrogen and oxygen atoms in total. The molecule has 3 N–H and O–H groups in total. The maximum atomic E-state index is 13.6. The molecule has 1 aromatic rings. The van der Waals surface area contributed by atoms with Crippen LogP contribution in [0.2, 0.25) is 0 Å². The molecule has 0 unspecified atom stereocenters. The Hall–Kier alpha value is -1.70. The van der Waals surface area contributed by atoms with E-state index in [0.717, 1.165) is 62.0 Å². The zero-order valence-electron chi connectivity index (χ0n) is 21.1. The quantitative estimate of drug-likeness (QED) is 0.562. The van der Waals surface area contributed by atoms with Crippen LogP contribution in [-0.2, 0) is 9.53 Å². The molecule has 6 rings (SSSR count). The molecule has 0 bridgehead atoms. The van der Waals surface area contributed by atoms with Crippen LogP contribution in [0.1, 0.15) is 64.7 Å². The van der Waals surface area contributed by atoms with Crippen molar-refractivity contribution in [3.8, 4) is 0 Å². The number of aliphatic hydroxyl groups is 1. The van der Waals surface area contributed by atoms with Gasteiger partial charge in [0, 0.05) is 19.1 Å². The first-order valence-corrected chi connectivity index (χ1v) is 13.6. The molecule has 1 aromatic carbocycles. The Kier molecular flexibility index (Phi) is 5.89. The fraction of sp³-hybridized carbons (Fsp3) is 0.750. The normalized spacial score (nSPS) is 42.0. The van der Waals surface area contributed by atoms with Crippen molar-refractivity contribution in [1.29, 1.82) is 0 Å². The van der Waals surface area contributed by atoms with Gasteiger partial charge >= 0.3 is 0 Å².